The van der Waals surface area contributed by atoms with Crippen LogP contribution < -0.4 is 0 Å². The molecule has 0 spiro atoms. The van der Waals surface area contributed by atoms with Crippen molar-refractivity contribution in [1.82, 2.24) is 0 Å². The standard InChI is InChI=1S/C18H19O3/c1-18(2,3)13-20-21-17(19)16-12-8-7-11-15(16)14-9-5-4-6-10-14/h4-13H,1-3H3. The van der Waals surface area contributed by atoms with Crippen molar-refractivity contribution in [3.63, 3.8) is 0 Å². The quantitative estimate of drug-likeness (QED) is 0.605. The number of hydrogen-bond donors (Lipinski definition) is 0. The summed E-state index contributed by atoms with van der Waals surface area (Å²) in [7, 11) is 0. The maximum Gasteiger partial charge on any atom is 0.373 e. The second-order valence-electron chi connectivity index (χ2n) is 5.86. The largest absolute Gasteiger partial charge is 0.373 e. The molecule has 2 aromatic rings. The molecule has 21 heavy (non-hydrogen) atoms. The Labute approximate surface area is 125 Å². The van der Waals surface area contributed by atoms with Crippen LogP contribution in [0.3, 0.4) is 0 Å². The van der Waals surface area contributed by atoms with E-state index in [0.717, 1.165) is 11.1 Å². The minimum absolute atomic E-state index is 0.181. The highest BCUT2D eigenvalue weighted by molar-refractivity contribution is 5.96. The van der Waals surface area contributed by atoms with Crippen LogP contribution in [0.5, 0.6) is 0 Å². The highest BCUT2D eigenvalue weighted by Gasteiger charge is 2.17. The summed E-state index contributed by atoms with van der Waals surface area (Å²) in [6.45, 7) is 7.37. The molecule has 0 N–H and O–H groups in total. The number of benzene rings is 2. The highest BCUT2D eigenvalue weighted by Crippen LogP contribution is 2.24. The highest BCUT2D eigenvalue weighted by atomic mass is 17.2. The topological polar surface area (TPSA) is 35.5 Å². The van der Waals surface area contributed by atoms with Crippen LogP contribution in [0.4, 0.5) is 0 Å². The lowest BCUT2D eigenvalue weighted by Gasteiger charge is -2.15. The first-order chi connectivity index (χ1) is 9.97. The molecule has 0 unspecified atom stereocenters. The van der Waals surface area contributed by atoms with Gasteiger partial charge in [0.15, 0.2) is 0 Å². The molecule has 0 fully saturated rings. The van der Waals surface area contributed by atoms with Gasteiger partial charge in [0.25, 0.3) is 0 Å². The number of carbonyl (C=O) groups excluding carboxylic acids is 1. The predicted octanol–water partition coefficient (Wildman–Crippen LogP) is 4.65. The van der Waals surface area contributed by atoms with Gasteiger partial charge >= 0.3 is 5.97 Å². The van der Waals surface area contributed by atoms with Crippen LogP contribution in [0.25, 0.3) is 11.1 Å². The summed E-state index contributed by atoms with van der Waals surface area (Å²) >= 11 is 0. The maximum absolute atomic E-state index is 12.2. The van der Waals surface area contributed by atoms with Crippen molar-refractivity contribution in [2.24, 2.45) is 5.41 Å². The van der Waals surface area contributed by atoms with Crippen molar-refractivity contribution in [3.05, 3.63) is 66.8 Å². The van der Waals surface area contributed by atoms with Gasteiger partial charge in [-0.25, -0.2) is 4.79 Å². The molecule has 0 aliphatic heterocycles. The molecule has 0 amide bonds. The lowest BCUT2D eigenvalue weighted by atomic mass is 9.99. The van der Waals surface area contributed by atoms with Gasteiger partial charge in [-0.05, 0) is 22.6 Å². The first-order valence-corrected chi connectivity index (χ1v) is 6.84. The molecule has 0 bridgehead atoms. The van der Waals surface area contributed by atoms with E-state index < -0.39 is 5.97 Å². The number of rotatable bonds is 4. The molecule has 0 aromatic heterocycles. The number of hydrogen-bond acceptors (Lipinski definition) is 3. The predicted molar refractivity (Wildman–Crippen MR) is 82.1 cm³/mol. The Kier molecular flexibility index (Phi) is 4.76. The van der Waals surface area contributed by atoms with Crippen molar-refractivity contribution in [3.8, 4) is 11.1 Å². The van der Waals surface area contributed by atoms with Gasteiger partial charge in [-0.15, -0.1) is 0 Å². The third-order valence-electron chi connectivity index (χ3n) is 2.76. The normalized spacial score (nSPS) is 11.2. The summed E-state index contributed by atoms with van der Waals surface area (Å²) in [6, 6.07) is 17.0. The molecule has 3 nitrogen and oxygen atoms in total. The van der Waals surface area contributed by atoms with Gasteiger partial charge in [0.2, 0.25) is 0 Å². The Morgan fingerprint density at radius 2 is 1.57 bits per heavy atom. The smallest absolute Gasteiger partial charge is 0.292 e. The van der Waals surface area contributed by atoms with Crippen molar-refractivity contribution in [1.29, 1.82) is 0 Å². The van der Waals surface area contributed by atoms with Crippen molar-refractivity contribution < 1.29 is 14.6 Å². The second kappa shape index (κ2) is 6.55. The summed E-state index contributed by atoms with van der Waals surface area (Å²) in [5, 5.41) is 0. The van der Waals surface area contributed by atoms with E-state index in [0.29, 0.717) is 5.56 Å². The van der Waals surface area contributed by atoms with E-state index >= 15 is 0 Å². The van der Waals surface area contributed by atoms with Crippen LogP contribution >= 0.6 is 0 Å². The first-order valence-electron chi connectivity index (χ1n) is 6.84. The van der Waals surface area contributed by atoms with Crippen molar-refractivity contribution >= 4 is 5.97 Å². The van der Waals surface area contributed by atoms with E-state index in [-0.39, 0.29) is 5.41 Å². The Hall–Kier alpha value is -2.13. The fraction of sp³-hybridized carbons (Fsp3) is 0.222. The molecular formula is C18H19O3. The van der Waals surface area contributed by atoms with E-state index in [1.807, 2.05) is 63.2 Å². The Bertz CT molecular complexity index is 597. The van der Waals surface area contributed by atoms with Gasteiger partial charge in [0.1, 0.15) is 6.61 Å². The average molecular weight is 283 g/mol. The van der Waals surface area contributed by atoms with Crippen molar-refractivity contribution in [2.45, 2.75) is 20.8 Å². The average Bonchev–Trinajstić information content (AvgIpc) is 2.47. The lowest BCUT2D eigenvalue weighted by molar-refractivity contribution is -0.224. The number of carbonyl (C=O) groups is 1. The molecule has 0 heterocycles. The van der Waals surface area contributed by atoms with Gasteiger partial charge in [-0.3, -0.25) is 4.89 Å². The zero-order chi connectivity index (χ0) is 15.3. The molecule has 1 radical (unpaired) electrons. The molecule has 0 aliphatic carbocycles. The maximum atomic E-state index is 12.2. The van der Waals surface area contributed by atoms with Gasteiger partial charge < -0.3 is 0 Å². The third-order valence-corrected chi connectivity index (χ3v) is 2.76. The van der Waals surface area contributed by atoms with E-state index in [1.165, 1.54) is 6.61 Å². The van der Waals surface area contributed by atoms with Crippen LogP contribution in [0.2, 0.25) is 0 Å². The molecule has 0 saturated heterocycles. The third kappa shape index (κ3) is 4.43. The van der Waals surface area contributed by atoms with Gasteiger partial charge in [-0.2, -0.15) is 4.89 Å². The molecule has 2 rings (SSSR count). The van der Waals surface area contributed by atoms with E-state index in [9.17, 15) is 4.79 Å². The summed E-state index contributed by atoms with van der Waals surface area (Å²) in [5.41, 5.74) is 2.08. The van der Waals surface area contributed by atoms with Crippen LogP contribution in [0.15, 0.2) is 54.6 Å². The van der Waals surface area contributed by atoms with E-state index in [2.05, 4.69) is 0 Å². The lowest BCUT2D eigenvalue weighted by Crippen LogP contribution is -2.12. The fourth-order valence-corrected chi connectivity index (χ4v) is 1.79. The Morgan fingerprint density at radius 1 is 0.952 bits per heavy atom. The minimum atomic E-state index is -0.505. The molecule has 109 valence electrons. The summed E-state index contributed by atoms with van der Waals surface area (Å²) in [5.74, 6) is -0.505. The summed E-state index contributed by atoms with van der Waals surface area (Å²) in [4.78, 5) is 22.0. The van der Waals surface area contributed by atoms with E-state index in [4.69, 9.17) is 9.78 Å². The first kappa shape index (κ1) is 15.3. The molecule has 0 atom stereocenters. The summed E-state index contributed by atoms with van der Waals surface area (Å²) in [6.07, 6.45) is 0. The van der Waals surface area contributed by atoms with Crippen LogP contribution in [0.1, 0.15) is 31.1 Å². The van der Waals surface area contributed by atoms with Gasteiger partial charge in [0, 0.05) is 0 Å². The van der Waals surface area contributed by atoms with Gasteiger partial charge in [0.05, 0.1) is 5.56 Å². The fourth-order valence-electron chi connectivity index (χ4n) is 1.79. The monoisotopic (exact) mass is 283 g/mol. The Balaban J connectivity index is 2.15. The van der Waals surface area contributed by atoms with Crippen LogP contribution in [-0.2, 0) is 9.78 Å². The second-order valence-corrected chi connectivity index (χ2v) is 5.86. The van der Waals surface area contributed by atoms with E-state index in [1.54, 1.807) is 12.1 Å². The van der Waals surface area contributed by atoms with Crippen molar-refractivity contribution in [2.75, 3.05) is 0 Å². The zero-order valence-electron chi connectivity index (χ0n) is 12.5. The van der Waals surface area contributed by atoms with Crippen LogP contribution in [-0.4, -0.2) is 5.97 Å². The Morgan fingerprint density at radius 3 is 2.24 bits per heavy atom. The SMILES string of the molecule is CC(C)(C)[CH]OOC(=O)c1ccccc1-c1ccccc1. The summed E-state index contributed by atoms with van der Waals surface area (Å²) < 4.78 is 0. The van der Waals surface area contributed by atoms with Gasteiger partial charge in [-0.1, -0.05) is 69.3 Å². The molecule has 0 aliphatic rings. The molecular weight excluding hydrogens is 264 g/mol. The molecule has 2 aromatic carbocycles. The van der Waals surface area contributed by atoms with Crippen LogP contribution in [0, 0.1) is 12.0 Å². The zero-order valence-corrected chi connectivity index (χ0v) is 12.5. The minimum Gasteiger partial charge on any atom is -0.292 e. The molecule has 0 saturated carbocycles. The molecule has 3 heteroatoms.